The molecule has 2 aromatic carbocycles. The van der Waals surface area contributed by atoms with Crippen LogP contribution in [0.15, 0.2) is 54.6 Å². The van der Waals surface area contributed by atoms with Crippen molar-refractivity contribution in [2.45, 2.75) is 25.5 Å². The van der Waals surface area contributed by atoms with Gasteiger partial charge >= 0.3 is 0 Å². The summed E-state index contributed by atoms with van der Waals surface area (Å²) in [4.78, 5) is 6.80. The van der Waals surface area contributed by atoms with Crippen LogP contribution >= 0.6 is 11.6 Å². The first-order valence-corrected chi connectivity index (χ1v) is 9.90. The molecule has 0 aliphatic carbocycles. The summed E-state index contributed by atoms with van der Waals surface area (Å²) in [7, 11) is 1.97. The molecule has 2 atom stereocenters. The second-order valence-corrected chi connectivity index (χ2v) is 7.58. The van der Waals surface area contributed by atoms with Gasteiger partial charge in [-0.15, -0.1) is 0 Å². The van der Waals surface area contributed by atoms with Crippen LogP contribution in [0.2, 0.25) is 5.02 Å². The number of para-hydroxylation sites is 1. The van der Waals surface area contributed by atoms with Crippen molar-refractivity contribution in [2.24, 2.45) is 0 Å². The number of fused-ring (bicyclic) bond motifs is 1. The van der Waals surface area contributed by atoms with Crippen molar-refractivity contribution in [3.63, 3.8) is 0 Å². The largest absolute Gasteiger partial charge is 0.489 e. The molecule has 5 nitrogen and oxygen atoms in total. The number of ether oxygens (including phenoxy) is 1. The summed E-state index contributed by atoms with van der Waals surface area (Å²) in [5.41, 5.74) is 2.29. The molecular weight excluding hydrogens is 386 g/mol. The second-order valence-electron chi connectivity index (χ2n) is 7.18. The van der Waals surface area contributed by atoms with Crippen molar-refractivity contribution in [2.75, 3.05) is 20.2 Å². The molecule has 150 valence electrons. The number of aromatic nitrogens is 1. The quantitative estimate of drug-likeness (QED) is 0.607. The van der Waals surface area contributed by atoms with Gasteiger partial charge in [0.25, 0.3) is 0 Å². The van der Waals surface area contributed by atoms with Gasteiger partial charge in [-0.1, -0.05) is 41.9 Å². The maximum absolute atomic E-state index is 10.4. The molecule has 0 saturated heterocycles. The fraction of sp³-hybridized carbons (Fsp3) is 0.304. The van der Waals surface area contributed by atoms with Gasteiger partial charge in [-0.3, -0.25) is 4.98 Å². The Labute approximate surface area is 176 Å². The summed E-state index contributed by atoms with van der Waals surface area (Å²) in [5.74, 6) is 0.384. The van der Waals surface area contributed by atoms with Gasteiger partial charge in [0, 0.05) is 30.1 Å². The van der Waals surface area contributed by atoms with Gasteiger partial charge < -0.3 is 14.7 Å². The number of rotatable bonds is 8. The fourth-order valence-corrected chi connectivity index (χ4v) is 3.37. The Hall–Kier alpha value is -2.65. The van der Waals surface area contributed by atoms with Gasteiger partial charge in [0.05, 0.1) is 10.5 Å². The monoisotopic (exact) mass is 409 g/mol. The number of nitrogens with zero attached hydrogens (tertiary/aromatic N) is 3. The second kappa shape index (κ2) is 9.71. The van der Waals surface area contributed by atoms with E-state index in [1.54, 1.807) is 18.2 Å². The Bertz CT molecular complexity index is 1020. The molecule has 0 aliphatic rings. The number of nitriles is 1. The molecule has 1 aromatic heterocycles. The van der Waals surface area contributed by atoms with E-state index >= 15 is 0 Å². The van der Waals surface area contributed by atoms with Crippen molar-refractivity contribution >= 4 is 22.5 Å². The molecule has 1 unspecified atom stereocenters. The van der Waals surface area contributed by atoms with E-state index in [0.717, 1.165) is 23.0 Å². The minimum atomic E-state index is -0.697. The van der Waals surface area contributed by atoms with Crippen LogP contribution in [0.4, 0.5) is 0 Å². The third-order valence-electron chi connectivity index (χ3n) is 4.93. The third-order valence-corrected chi connectivity index (χ3v) is 5.25. The summed E-state index contributed by atoms with van der Waals surface area (Å²) in [6, 6.07) is 19.5. The van der Waals surface area contributed by atoms with Crippen LogP contribution < -0.4 is 4.74 Å². The topological polar surface area (TPSA) is 69.4 Å². The Balaban J connectivity index is 1.54. The number of likely N-dealkylation sites (N-methyl/N-ethyl adjacent to an activating group) is 1. The molecule has 0 aliphatic heterocycles. The minimum Gasteiger partial charge on any atom is -0.489 e. The molecule has 0 amide bonds. The number of aliphatic hydroxyl groups is 1. The van der Waals surface area contributed by atoms with Gasteiger partial charge in [0.1, 0.15) is 30.1 Å². The Kier molecular flexibility index (Phi) is 7.05. The third kappa shape index (κ3) is 5.45. The van der Waals surface area contributed by atoms with Crippen LogP contribution in [0.1, 0.15) is 18.2 Å². The van der Waals surface area contributed by atoms with Gasteiger partial charge in [-0.25, -0.2) is 0 Å². The first-order valence-electron chi connectivity index (χ1n) is 9.52. The highest BCUT2D eigenvalue weighted by atomic mass is 35.5. The summed E-state index contributed by atoms with van der Waals surface area (Å²) in [6.07, 6.45) is 0.0828. The first kappa shape index (κ1) is 21.1. The molecule has 0 fully saturated rings. The lowest BCUT2D eigenvalue weighted by atomic mass is 10.1. The van der Waals surface area contributed by atoms with Gasteiger partial charge in [-0.2, -0.15) is 5.26 Å². The van der Waals surface area contributed by atoms with Crippen molar-refractivity contribution in [1.29, 1.82) is 5.26 Å². The van der Waals surface area contributed by atoms with Crippen molar-refractivity contribution in [3.8, 4) is 11.8 Å². The normalized spacial score (nSPS) is 13.2. The van der Waals surface area contributed by atoms with E-state index in [9.17, 15) is 10.4 Å². The van der Waals surface area contributed by atoms with E-state index in [4.69, 9.17) is 21.3 Å². The number of hydrogen-bond donors (Lipinski definition) is 1. The fourth-order valence-electron chi connectivity index (χ4n) is 3.16. The zero-order valence-corrected chi connectivity index (χ0v) is 17.3. The van der Waals surface area contributed by atoms with Crippen LogP contribution in [0.25, 0.3) is 10.9 Å². The number of halogens is 1. The Morgan fingerprint density at radius 3 is 2.76 bits per heavy atom. The smallest absolute Gasteiger partial charge is 0.138 e. The van der Waals surface area contributed by atoms with Gasteiger partial charge in [0.2, 0.25) is 0 Å². The highest BCUT2D eigenvalue weighted by Crippen LogP contribution is 2.25. The summed E-state index contributed by atoms with van der Waals surface area (Å²) in [5, 5.41) is 21.0. The molecule has 1 heterocycles. The van der Waals surface area contributed by atoms with Crippen molar-refractivity contribution in [1.82, 2.24) is 9.88 Å². The van der Waals surface area contributed by atoms with Crippen molar-refractivity contribution in [3.05, 3.63) is 70.9 Å². The summed E-state index contributed by atoms with van der Waals surface area (Å²) >= 11 is 6.00. The van der Waals surface area contributed by atoms with E-state index in [1.165, 1.54) is 0 Å². The average molecular weight is 410 g/mol. The lowest BCUT2D eigenvalue weighted by Crippen LogP contribution is -2.39. The van der Waals surface area contributed by atoms with E-state index < -0.39 is 6.10 Å². The first-order chi connectivity index (χ1) is 14.0. The van der Waals surface area contributed by atoms with Gasteiger partial charge in [0.15, 0.2) is 0 Å². The average Bonchev–Trinajstić information content (AvgIpc) is 2.72. The number of hydrogen-bond acceptors (Lipinski definition) is 5. The molecule has 1 N–H and O–H groups in total. The summed E-state index contributed by atoms with van der Waals surface area (Å²) < 4.78 is 5.62. The molecule has 3 rings (SSSR count). The lowest BCUT2D eigenvalue weighted by Gasteiger charge is -2.27. The standard InChI is InChI=1S/C23H24ClN3O2/c1-16(12-18-11-10-17-6-3-4-8-22(17)26-18)27(2)14-19(28)15-29-23-9-5-7-21(24)20(23)13-25/h3-11,16,19,28H,12,14-15H2,1-2H3/t16?,19-/m1/s1. The predicted molar refractivity (Wildman–Crippen MR) is 115 cm³/mol. The van der Waals surface area contributed by atoms with E-state index in [-0.39, 0.29) is 18.2 Å². The molecule has 0 radical (unpaired) electrons. The molecular formula is C23H24ClN3O2. The highest BCUT2D eigenvalue weighted by Gasteiger charge is 2.17. The predicted octanol–water partition coefficient (Wildman–Crippen LogP) is 4.06. The Morgan fingerprint density at radius 1 is 1.17 bits per heavy atom. The summed E-state index contributed by atoms with van der Waals surface area (Å²) in [6.45, 7) is 2.63. The molecule has 0 saturated carbocycles. The van der Waals surface area contributed by atoms with Crippen LogP contribution in [0.3, 0.4) is 0 Å². The van der Waals surface area contributed by atoms with Crippen LogP contribution in [-0.2, 0) is 6.42 Å². The number of pyridine rings is 1. The minimum absolute atomic E-state index is 0.0836. The van der Waals surface area contributed by atoms with Crippen LogP contribution in [-0.4, -0.2) is 47.3 Å². The molecule has 3 aromatic rings. The number of aliphatic hydroxyl groups excluding tert-OH is 1. The number of benzene rings is 2. The van der Waals surface area contributed by atoms with Crippen LogP contribution in [0, 0.1) is 11.3 Å². The lowest BCUT2D eigenvalue weighted by molar-refractivity contribution is 0.0653. The van der Waals surface area contributed by atoms with E-state index in [0.29, 0.717) is 17.3 Å². The SMILES string of the molecule is CC(Cc1ccc2ccccc2n1)N(C)C[C@@H](O)COc1cccc(Cl)c1C#N. The van der Waals surface area contributed by atoms with Crippen molar-refractivity contribution < 1.29 is 9.84 Å². The molecule has 29 heavy (non-hydrogen) atoms. The zero-order valence-electron chi connectivity index (χ0n) is 16.5. The molecule has 0 spiro atoms. The Morgan fingerprint density at radius 2 is 1.97 bits per heavy atom. The van der Waals surface area contributed by atoms with Gasteiger partial charge in [-0.05, 0) is 38.2 Å². The molecule has 0 bridgehead atoms. The van der Waals surface area contributed by atoms with E-state index in [2.05, 4.69) is 30.0 Å². The molecule has 6 heteroatoms. The zero-order chi connectivity index (χ0) is 20.8. The van der Waals surface area contributed by atoms with E-state index in [1.807, 2.05) is 31.3 Å². The maximum Gasteiger partial charge on any atom is 0.138 e. The highest BCUT2D eigenvalue weighted by molar-refractivity contribution is 6.31. The maximum atomic E-state index is 10.4. The van der Waals surface area contributed by atoms with Crippen LogP contribution in [0.5, 0.6) is 5.75 Å².